The van der Waals surface area contributed by atoms with Crippen LogP contribution in [0.5, 0.6) is 0 Å². The van der Waals surface area contributed by atoms with Gasteiger partial charge in [0.2, 0.25) is 0 Å². The van der Waals surface area contributed by atoms with Crippen LogP contribution in [0.25, 0.3) is 6.08 Å². The lowest BCUT2D eigenvalue weighted by Gasteiger charge is -1.97. The van der Waals surface area contributed by atoms with E-state index in [-0.39, 0.29) is 6.04 Å². The predicted molar refractivity (Wildman–Crippen MR) is 63.9 cm³/mol. The van der Waals surface area contributed by atoms with Crippen molar-refractivity contribution in [2.45, 2.75) is 6.04 Å². The van der Waals surface area contributed by atoms with Crippen molar-refractivity contribution in [3.8, 4) is 0 Å². The van der Waals surface area contributed by atoms with Crippen LogP contribution in [0.1, 0.15) is 5.56 Å². The van der Waals surface area contributed by atoms with Crippen molar-refractivity contribution in [2.75, 3.05) is 0 Å². The molecule has 2 nitrogen and oxygen atoms in total. The summed E-state index contributed by atoms with van der Waals surface area (Å²) < 4.78 is 1.09. The summed E-state index contributed by atoms with van der Waals surface area (Å²) in [5, 5.41) is 0. The van der Waals surface area contributed by atoms with Gasteiger partial charge in [-0.2, -0.15) is 0 Å². The van der Waals surface area contributed by atoms with Crippen LogP contribution in [0, 0.1) is 0 Å². The summed E-state index contributed by atoms with van der Waals surface area (Å²) in [5.74, 6) is 0. The molecule has 1 unspecified atom stereocenters. The van der Waals surface area contributed by atoms with Crippen LogP contribution in [0.2, 0.25) is 0 Å². The highest BCUT2D eigenvalue weighted by Gasteiger charge is 2.00. The van der Waals surface area contributed by atoms with Crippen molar-refractivity contribution in [1.29, 1.82) is 0 Å². The Morgan fingerprint density at radius 2 is 2.14 bits per heavy atom. The molecule has 0 aromatic heterocycles. The lowest BCUT2D eigenvalue weighted by atomic mass is 10.2. The standard InChI is InChI=1S/C11H9BrN2/c12-11-4-2-1-3-9(11)5-6-10-7-13-8-14-10/h1-8,10H/b6-5+. The van der Waals surface area contributed by atoms with Crippen LogP contribution in [0.4, 0.5) is 0 Å². The van der Waals surface area contributed by atoms with Crippen LogP contribution in [-0.2, 0) is 0 Å². The second kappa shape index (κ2) is 4.33. The molecule has 0 radical (unpaired) electrons. The third-order valence-electron chi connectivity index (χ3n) is 1.92. The van der Waals surface area contributed by atoms with E-state index in [2.05, 4.69) is 32.0 Å². The monoisotopic (exact) mass is 248 g/mol. The van der Waals surface area contributed by atoms with E-state index < -0.39 is 0 Å². The molecular weight excluding hydrogens is 240 g/mol. The molecule has 3 heteroatoms. The molecule has 0 aliphatic carbocycles. The van der Waals surface area contributed by atoms with Crippen molar-refractivity contribution in [2.24, 2.45) is 9.98 Å². The first kappa shape index (κ1) is 9.34. The van der Waals surface area contributed by atoms with Gasteiger partial charge in [-0.3, -0.25) is 4.99 Å². The highest BCUT2D eigenvalue weighted by atomic mass is 79.9. The Kier molecular flexibility index (Phi) is 2.89. The third-order valence-corrected chi connectivity index (χ3v) is 2.64. The van der Waals surface area contributed by atoms with Gasteiger partial charge in [-0.05, 0) is 11.6 Å². The molecule has 2 rings (SSSR count). The molecule has 1 atom stereocenters. The molecule has 1 heterocycles. The quantitative estimate of drug-likeness (QED) is 0.769. The van der Waals surface area contributed by atoms with E-state index in [0.29, 0.717) is 0 Å². The van der Waals surface area contributed by atoms with E-state index in [4.69, 9.17) is 0 Å². The van der Waals surface area contributed by atoms with Crippen molar-refractivity contribution in [3.63, 3.8) is 0 Å². The van der Waals surface area contributed by atoms with E-state index in [0.717, 1.165) is 10.0 Å². The van der Waals surface area contributed by atoms with Crippen molar-refractivity contribution >= 4 is 34.6 Å². The predicted octanol–water partition coefficient (Wildman–Crippen LogP) is 2.94. The van der Waals surface area contributed by atoms with Gasteiger partial charge < -0.3 is 0 Å². The van der Waals surface area contributed by atoms with Crippen LogP contribution in [-0.4, -0.2) is 18.6 Å². The number of rotatable bonds is 2. The first-order chi connectivity index (χ1) is 6.86. The summed E-state index contributed by atoms with van der Waals surface area (Å²) in [5.41, 5.74) is 1.16. The Morgan fingerprint density at radius 1 is 1.29 bits per heavy atom. The minimum absolute atomic E-state index is 0.0992. The van der Waals surface area contributed by atoms with Gasteiger partial charge in [0.1, 0.15) is 12.4 Å². The molecule has 1 aromatic rings. The molecular formula is C11H9BrN2. The molecule has 1 aliphatic heterocycles. The maximum Gasteiger partial charge on any atom is 0.110 e. The fourth-order valence-corrected chi connectivity index (χ4v) is 1.61. The molecule has 0 saturated carbocycles. The number of aliphatic imine (C=N–C) groups is 2. The molecule has 14 heavy (non-hydrogen) atoms. The number of hydrogen-bond acceptors (Lipinski definition) is 2. The van der Waals surface area contributed by atoms with Crippen LogP contribution in [0.3, 0.4) is 0 Å². The molecule has 70 valence electrons. The molecule has 0 bridgehead atoms. The Labute approximate surface area is 91.2 Å². The average molecular weight is 249 g/mol. The van der Waals surface area contributed by atoms with Crippen LogP contribution >= 0.6 is 15.9 Å². The number of hydrogen-bond donors (Lipinski definition) is 0. The molecule has 0 amide bonds. The molecule has 0 spiro atoms. The maximum absolute atomic E-state index is 4.13. The fourth-order valence-electron chi connectivity index (χ4n) is 1.19. The van der Waals surface area contributed by atoms with Gasteiger partial charge in [0.15, 0.2) is 0 Å². The molecule has 0 saturated heterocycles. The van der Waals surface area contributed by atoms with Gasteiger partial charge >= 0.3 is 0 Å². The lowest BCUT2D eigenvalue weighted by Crippen LogP contribution is -1.95. The average Bonchev–Trinajstić information content (AvgIpc) is 2.69. The zero-order valence-corrected chi connectivity index (χ0v) is 9.05. The van der Waals surface area contributed by atoms with E-state index in [1.165, 1.54) is 0 Å². The van der Waals surface area contributed by atoms with Gasteiger partial charge in [-0.25, -0.2) is 4.99 Å². The van der Waals surface area contributed by atoms with Gasteiger partial charge in [0, 0.05) is 10.7 Å². The second-order valence-corrected chi connectivity index (χ2v) is 3.79. The molecule has 1 aromatic carbocycles. The molecule has 0 fully saturated rings. The summed E-state index contributed by atoms with van der Waals surface area (Å²) in [6.45, 7) is 0. The Balaban J connectivity index is 2.14. The first-order valence-electron chi connectivity index (χ1n) is 4.34. The van der Waals surface area contributed by atoms with E-state index in [1.54, 1.807) is 6.34 Å². The van der Waals surface area contributed by atoms with Crippen LogP contribution < -0.4 is 0 Å². The normalized spacial score (nSPS) is 19.6. The van der Waals surface area contributed by atoms with Crippen molar-refractivity contribution in [1.82, 2.24) is 0 Å². The minimum atomic E-state index is 0.0992. The minimum Gasteiger partial charge on any atom is -0.260 e. The number of benzene rings is 1. The highest BCUT2D eigenvalue weighted by molar-refractivity contribution is 9.10. The van der Waals surface area contributed by atoms with E-state index >= 15 is 0 Å². The lowest BCUT2D eigenvalue weighted by molar-refractivity contribution is 1.15. The third kappa shape index (κ3) is 2.17. The van der Waals surface area contributed by atoms with E-state index in [1.807, 2.05) is 36.6 Å². The summed E-state index contributed by atoms with van der Waals surface area (Å²) in [4.78, 5) is 8.05. The largest absolute Gasteiger partial charge is 0.260 e. The van der Waals surface area contributed by atoms with E-state index in [9.17, 15) is 0 Å². The summed E-state index contributed by atoms with van der Waals surface area (Å²) in [6.07, 6.45) is 7.46. The molecule has 0 N–H and O–H groups in total. The topological polar surface area (TPSA) is 24.7 Å². The fraction of sp³-hybridized carbons (Fsp3) is 0.0909. The summed E-state index contributed by atoms with van der Waals surface area (Å²) >= 11 is 3.48. The van der Waals surface area contributed by atoms with Gasteiger partial charge in [0.05, 0.1) is 0 Å². The maximum atomic E-state index is 4.13. The smallest absolute Gasteiger partial charge is 0.110 e. The number of halogens is 1. The van der Waals surface area contributed by atoms with Gasteiger partial charge in [-0.1, -0.05) is 46.3 Å². The van der Waals surface area contributed by atoms with Crippen molar-refractivity contribution < 1.29 is 0 Å². The summed E-state index contributed by atoms with van der Waals surface area (Å²) in [6, 6.07) is 8.18. The summed E-state index contributed by atoms with van der Waals surface area (Å²) in [7, 11) is 0. The van der Waals surface area contributed by atoms with Gasteiger partial charge in [0.25, 0.3) is 0 Å². The zero-order chi connectivity index (χ0) is 9.80. The van der Waals surface area contributed by atoms with Crippen LogP contribution in [0.15, 0.2) is 44.8 Å². The van der Waals surface area contributed by atoms with Gasteiger partial charge in [-0.15, -0.1) is 0 Å². The first-order valence-corrected chi connectivity index (χ1v) is 5.13. The number of nitrogens with zero attached hydrogens (tertiary/aromatic N) is 2. The Morgan fingerprint density at radius 3 is 2.86 bits per heavy atom. The van der Waals surface area contributed by atoms with Crippen molar-refractivity contribution in [3.05, 3.63) is 40.4 Å². The Hall–Kier alpha value is -1.22. The Bertz CT molecular complexity index is 396. The second-order valence-electron chi connectivity index (χ2n) is 2.93. The SMILES string of the molecule is Brc1ccccc1/C=C/C1C=NC=N1. The zero-order valence-electron chi connectivity index (χ0n) is 7.47. The molecule has 1 aliphatic rings. The highest BCUT2D eigenvalue weighted by Crippen LogP contribution is 2.17.